The lowest BCUT2D eigenvalue weighted by Gasteiger charge is -2.10. The predicted molar refractivity (Wildman–Crippen MR) is 143 cm³/mol. The van der Waals surface area contributed by atoms with Crippen LogP contribution in [0.1, 0.15) is 21.5 Å². The first-order valence-electron chi connectivity index (χ1n) is 11.1. The van der Waals surface area contributed by atoms with Crippen LogP contribution in [0.25, 0.3) is 22.6 Å². The van der Waals surface area contributed by atoms with Gasteiger partial charge in [-0.1, -0.05) is 47.7 Å². The molecule has 0 atom stereocenters. The summed E-state index contributed by atoms with van der Waals surface area (Å²) in [5.74, 6) is -0.0925. The van der Waals surface area contributed by atoms with E-state index in [1.165, 1.54) is 30.2 Å². The molecule has 10 heteroatoms. The number of anilines is 1. The van der Waals surface area contributed by atoms with Gasteiger partial charge in [-0.25, -0.2) is 4.79 Å². The van der Waals surface area contributed by atoms with Crippen molar-refractivity contribution in [2.75, 3.05) is 18.2 Å². The number of thiophene rings is 1. The van der Waals surface area contributed by atoms with E-state index in [-0.39, 0.29) is 11.7 Å². The first-order chi connectivity index (χ1) is 17.4. The summed E-state index contributed by atoms with van der Waals surface area (Å²) in [6.07, 6.45) is 3.43. The normalized spacial score (nSPS) is 10.8. The zero-order chi connectivity index (χ0) is 25.7. The Morgan fingerprint density at radius 1 is 1.19 bits per heavy atom. The van der Waals surface area contributed by atoms with E-state index < -0.39 is 5.97 Å². The fraction of sp³-hybridized carbons (Fsp3) is 0.192. The SMILES string of the molecule is C=CCn1c(SCC(=O)Nc2scc(-c3cc(C)ccc3C)c2C(=O)OC)nnc1-c1ccccn1. The van der Waals surface area contributed by atoms with E-state index in [2.05, 4.69) is 27.1 Å². The number of amides is 1. The molecular weight excluding hydrogens is 494 g/mol. The second kappa shape index (κ2) is 11.3. The highest BCUT2D eigenvalue weighted by Crippen LogP contribution is 2.38. The fourth-order valence-corrected chi connectivity index (χ4v) is 5.36. The van der Waals surface area contributed by atoms with Crippen LogP contribution in [0.2, 0.25) is 0 Å². The van der Waals surface area contributed by atoms with Crippen molar-refractivity contribution in [2.45, 2.75) is 25.5 Å². The molecule has 0 saturated carbocycles. The van der Waals surface area contributed by atoms with Gasteiger partial charge in [0, 0.05) is 23.7 Å². The number of ether oxygens (including phenoxy) is 1. The Morgan fingerprint density at radius 3 is 2.75 bits per heavy atom. The fourth-order valence-electron chi connectivity index (χ4n) is 3.65. The predicted octanol–water partition coefficient (Wildman–Crippen LogP) is 5.39. The number of rotatable bonds is 9. The van der Waals surface area contributed by atoms with Crippen LogP contribution in [0, 0.1) is 13.8 Å². The summed E-state index contributed by atoms with van der Waals surface area (Å²) in [7, 11) is 1.33. The second-order valence-corrected chi connectivity index (χ2v) is 9.74. The van der Waals surface area contributed by atoms with E-state index in [0.29, 0.717) is 33.8 Å². The minimum absolute atomic E-state index is 0.0782. The zero-order valence-electron chi connectivity index (χ0n) is 20.1. The van der Waals surface area contributed by atoms with Crippen LogP contribution >= 0.6 is 23.1 Å². The van der Waals surface area contributed by atoms with Crippen molar-refractivity contribution in [3.8, 4) is 22.6 Å². The van der Waals surface area contributed by atoms with Crippen LogP contribution in [0.5, 0.6) is 0 Å². The molecule has 0 spiro atoms. The third-order valence-electron chi connectivity index (χ3n) is 5.37. The minimum atomic E-state index is -0.499. The maximum absolute atomic E-state index is 12.9. The number of hydrogen-bond acceptors (Lipinski definition) is 8. The van der Waals surface area contributed by atoms with Gasteiger partial charge in [0.05, 0.1) is 12.9 Å². The van der Waals surface area contributed by atoms with E-state index in [1.54, 1.807) is 12.3 Å². The van der Waals surface area contributed by atoms with E-state index in [1.807, 2.05) is 60.2 Å². The van der Waals surface area contributed by atoms with Crippen LogP contribution in [0.4, 0.5) is 5.00 Å². The van der Waals surface area contributed by atoms with Gasteiger partial charge in [-0.2, -0.15) is 0 Å². The smallest absolute Gasteiger partial charge is 0.341 e. The molecule has 0 aliphatic heterocycles. The third kappa shape index (κ3) is 5.39. The first kappa shape index (κ1) is 25.3. The van der Waals surface area contributed by atoms with Gasteiger partial charge in [0.25, 0.3) is 0 Å². The molecule has 1 N–H and O–H groups in total. The van der Waals surface area contributed by atoms with Crippen molar-refractivity contribution in [3.05, 3.63) is 77.3 Å². The van der Waals surface area contributed by atoms with Crippen molar-refractivity contribution < 1.29 is 14.3 Å². The third-order valence-corrected chi connectivity index (χ3v) is 7.23. The summed E-state index contributed by atoms with van der Waals surface area (Å²) in [4.78, 5) is 29.9. The molecule has 4 rings (SSSR count). The number of thioether (sulfide) groups is 1. The van der Waals surface area contributed by atoms with Crippen LogP contribution < -0.4 is 5.32 Å². The van der Waals surface area contributed by atoms with E-state index in [4.69, 9.17) is 4.74 Å². The molecule has 0 aliphatic carbocycles. The summed E-state index contributed by atoms with van der Waals surface area (Å²) < 4.78 is 6.90. The molecule has 1 aromatic carbocycles. The second-order valence-electron chi connectivity index (χ2n) is 7.92. The van der Waals surface area contributed by atoms with Crippen molar-refractivity contribution >= 4 is 40.0 Å². The lowest BCUT2D eigenvalue weighted by molar-refractivity contribution is -0.113. The number of nitrogens with zero attached hydrogens (tertiary/aromatic N) is 4. The van der Waals surface area contributed by atoms with Crippen LogP contribution in [-0.4, -0.2) is 44.5 Å². The first-order valence-corrected chi connectivity index (χ1v) is 12.9. The average Bonchev–Trinajstić information content (AvgIpc) is 3.48. The number of carbonyl (C=O) groups excluding carboxylic acids is 2. The van der Waals surface area contributed by atoms with E-state index >= 15 is 0 Å². The Hall–Kier alpha value is -3.76. The molecule has 4 aromatic rings. The summed E-state index contributed by atoms with van der Waals surface area (Å²) in [6, 6.07) is 11.6. The van der Waals surface area contributed by atoms with Gasteiger partial charge in [0.1, 0.15) is 16.3 Å². The molecule has 0 bridgehead atoms. The van der Waals surface area contributed by atoms with Crippen molar-refractivity contribution in [2.24, 2.45) is 0 Å². The summed E-state index contributed by atoms with van der Waals surface area (Å²) in [5.41, 5.74) is 4.81. The quantitative estimate of drug-likeness (QED) is 0.180. The lowest BCUT2D eigenvalue weighted by atomic mass is 9.97. The van der Waals surface area contributed by atoms with Gasteiger partial charge in [-0.15, -0.1) is 28.1 Å². The molecule has 8 nitrogen and oxygen atoms in total. The Balaban J connectivity index is 1.54. The number of methoxy groups -OCH3 is 1. The number of aromatic nitrogens is 4. The summed E-state index contributed by atoms with van der Waals surface area (Å²) in [5, 5.41) is 14.3. The van der Waals surface area contributed by atoms with E-state index in [0.717, 1.165) is 22.3 Å². The highest BCUT2D eigenvalue weighted by molar-refractivity contribution is 7.99. The molecule has 36 heavy (non-hydrogen) atoms. The van der Waals surface area contributed by atoms with Crippen LogP contribution in [0.3, 0.4) is 0 Å². The molecule has 184 valence electrons. The highest BCUT2D eigenvalue weighted by atomic mass is 32.2. The molecular formula is C26H25N5O3S2. The maximum atomic E-state index is 12.9. The number of esters is 1. The van der Waals surface area contributed by atoms with Gasteiger partial charge in [0.15, 0.2) is 11.0 Å². The van der Waals surface area contributed by atoms with Crippen molar-refractivity contribution in [3.63, 3.8) is 0 Å². The Kier molecular flexibility index (Phi) is 7.97. The molecule has 0 saturated heterocycles. The van der Waals surface area contributed by atoms with Crippen LogP contribution in [-0.2, 0) is 16.1 Å². The number of nitrogens with one attached hydrogen (secondary N) is 1. The van der Waals surface area contributed by atoms with Gasteiger partial charge in [-0.3, -0.25) is 14.3 Å². The Labute approximate surface area is 217 Å². The van der Waals surface area contributed by atoms with Gasteiger partial charge in [0.2, 0.25) is 5.91 Å². The monoisotopic (exact) mass is 519 g/mol. The lowest BCUT2D eigenvalue weighted by Crippen LogP contribution is -2.16. The molecule has 3 heterocycles. The number of aryl methyl sites for hydroxylation is 2. The molecule has 0 radical (unpaired) electrons. The van der Waals surface area contributed by atoms with Gasteiger partial charge in [-0.05, 0) is 37.1 Å². The zero-order valence-corrected chi connectivity index (χ0v) is 21.8. The van der Waals surface area contributed by atoms with Crippen molar-refractivity contribution in [1.29, 1.82) is 0 Å². The number of pyridine rings is 1. The van der Waals surface area contributed by atoms with E-state index in [9.17, 15) is 9.59 Å². The minimum Gasteiger partial charge on any atom is -0.465 e. The maximum Gasteiger partial charge on any atom is 0.341 e. The molecule has 3 aromatic heterocycles. The summed E-state index contributed by atoms with van der Waals surface area (Å²) >= 11 is 2.54. The largest absolute Gasteiger partial charge is 0.465 e. The summed E-state index contributed by atoms with van der Waals surface area (Å²) in [6.45, 7) is 8.26. The number of allylic oxidation sites excluding steroid dienone is 1. The van der Waals surface area contributed by atoms with Crippen molar-refractivity contribution in [1.82, 2.24) is 19.7 Å². The average molecular weight is 520 g/mol. The Bertz CT molecular complexity index is 1410. The number of hydrogen-bond donors (Lipinski definition) is 1. The van der Waals surface area contributed by atoms with Gasteiger partial charge < -0.3 is 10.1 Å². The molecule has 0 aliphatic rings. The Morgan fingerprint density at radius 2 is 2.03 bits per heavy atom. The standard InChI is InChI=1S/C26H25N5O3S2/c1-5-12-31-23(20-8-6-7-11-27-20)29-30-26(31)36-15-21(32)28-24-22(25(33)34-4)19(14-35-24)18-13-16(2)9-10-17(18)3/h5-11,13-14H,1,12,15H2,2-4H3,(H,28,32). The number of carbonyl (C=O) groups is 2. The highest BCUT2D eigenvalue weighted by Gasteiger charge is 2.24. The van der Waals surface area contributed by atoms with Gasteiger partial charge >= 0.3 is 5.97 Å². The molecule has 1 amide bonds. The molecule has 0 fully saturated rings. The topological polar surface area (TPSA) is 99.0 Å². The van der Waals surface area contributed by atoms with Crippen LogP contribution in [0.15, 0.2) is 65.8 Å². The molecule has 0 unspecified atom stereocenters. The number of benzene rings is 1.